The molecule has 0 saturated carbocycles. The van der Waals surface area contributed by atoms with Gasteiger partial charge < -0.3 is 16.0 Å². The number of carbonyl (C=O) groups is 1. The van der Waals surface area contributed by atoms with E-state index in [9.17, 15) is 4.79 Å². The van der Waals surface area contributed by atoms with Crippen LogP contribution in [0.5, 0.6) is 0 Å². The second-order valence-corrected chi connectivity index (χ2v) is 6.08. The van der Waals surface area contributed by atoms with Crippen molar-refractivity contribution in [3.8, 4) is 0 Å². The van der Waals surface area contributed by atoms with E-state index in [1.165, 1.54) is 12.8 Å². The number of likely N-dealkylation sites (N-methyl/N-ethyl adjacent to an activating group) is 1. The maximum absolute atomic E-state index is 12.3. The monoisotopic (exact) mass is 301 g/mol. The molecule has 4 nitrogen and oxygen atoms in total. The largest absolute Gasteiger partial charge is 0.361 e. The van der Waals surface area contributed by atoms with Crippen LogP contribution >= 0.6 is 0 Å². The number of amides is 1. The second kappa shape index (κ2) is 7.45. The SMILES string of the molecule is CCCCCCC(N)(Cc1c[nH]c2ccccc12)C(=O)NC. The normalized spacial score (nSPS) is 14.0. The molecule has 1 unspecified atom stereocenters. The molecule has 1 heterocycles. The molecule has 4 N–H and O–H groups in total. The third kappa shape index (κ3) is 3.69. The van der Waals surface area contributed by atoms with Crippen LogP contribution in [0.4, 0.5) is 0 Å². The van der Waals surface area contributed by atoms with Gasteiger partial charge in [-0.25, -0.2) is 0 Å². The number of benzene rings is 1. The van der Waals surface area contributed by atoms with E-state index < -0.39 is 5.54 Å². The number of carbonyl (C=O) groups excluding carboxylic acids is 1. The number of para-hydroxylation sites is 1. The zero-order valence-corrected chi connectivity index (χ0v) is 13.6. The molecule has 1 aromatic heterocycles. The summed E-state index contributed by atoms with van der Waals surface area (Å²) in [5.41, 5.74) is 7.85. The van der Waals surface area contributed by atoms with Crippen LogP contribution in [0.25, 0.3) is 10.9 Å². The predicted octanol–water partition coefficient (Wildman–Crippen LogP) is 3.12. The molecule has 0 aliphatic rings. The van der Waals surface area contributed by atoms with Gasteiger partial charge in [-0.2, -0.15) is 0 Å². The molecule has 22 heavy (non-hydrogen) atoms. The average Bonchev–Trinajstić information content (AvgIpc) is 2.94. The molecule has 2 aromatic rings. The van der Waals surface area contributed by atoms with Crippen molar-refractivity contribution in [2.45, 2.75) is 51.0 Å². The Hall–Kier alpha value is -1.81. The lowest BCUT2D eigenvalue weighted by molar-refractivity contribution is -0.126. The molecular formula is C18H27N3O. The summed E-state index contributed by atoms with van der Waals surface area (Å²) >= 11 is 0. The average molecular weight is 301 g/mol. The molecule has 0 aliphatic heterocycles. The third-order valence-corrected chi connectivity index (χ3v) is 4.34. The lowest BCUT2D eigenvalue weighted by Crippen LogP contribution is -2.54. The van der Waals surface area contributed by atoms with Gasteiger partial charge in [0.05, 0.1) is 5.54 Å². The van der Waals surface area contributed by atoms with E-state index in [0.717, 1.165) is 29.3 Å². The van der Waals surface area contributed by atoms with E-state index in [-0.39, 0.29) is 5.91 Å². The fraction of sp³-hybridized carbons (Fsp3) is 0.500. The fourth-order valence-electron chi connectivity index (χ4n) is 3.02. The Bertz CT molecular complexity index is 620. The number of aromatic amines is 1. The molecule has 1 amide bonds. The quantitative estimate of drug-likeness (QED) is 0.656. The minimum absolute atomic E-state index is 0.0747. The highest BCUT2D eigenvalue weighted by atomic mass is 16.2. The van der Waals surface area contributed by atoms with Gasteiger partial charge in [-0.05, 0) is 18.1 Å². The van der Waals surface area contributed by atoms with Crippen molar-refractivity contribution in [3.05, 3.63) is 36.0 Å². The Kier molecular flexibility index (Phi) is 5.61. The van der Waals surface area contributed by atoms with Gasteiger partial charge >= 0.3 is 0 Å². The van der Waals surface area contributed by atoms with Gasteiger partial charge in [0.15, 0.2) is 0 Å². The maximum Gasteiger partial charge on any atom is 0.240 e. The lowest BCUT2D eigenvalue weighted by atomic mass is 9.85. The molecule has 0 saturated heterocycles. The Labute approximate surface area is 132 Å². The van der Waals surface area contributed by atoms with Gasteiger partial charge in [-0.15, -0.1) is 0 Å². The van der Waals surface area contributed by atoms with Crippen molar-refractivity contribution < 1.29 is 4.79 Å². The fourth-order valence-corrected chi connectivity index (χ4v) is 3.02. The number of hydrogen-bond donors (Lipinski definition) is 3. The summed E-state index contributed by atoms with van der Waals surface area (Å²) in [6.07, 6.45) is 7.73. The zero-order chi connectivity index (χ0) is 16.0. The van der Waals surface area contributed by atoms with Gasteiger partial charge in [-0.1, -0.05) is 50.8 Å². The lowest BCUT2D eigenvalue weighted by Gasteiger charge is -2.27. The van der Waals surface area contributed by atoms with Crippen molar-refractivity contribution in [3.63, 3.8) is 0 Å². The first kappa shape index (κ1) is 16.6. The van der Waals surface area contributed by atoms with Crippen molar-refractivity contribution >= 4 is 16.8 Å². The third-order valence-electron chi connectivity index (χ3n) is 4.34. The summed E-state index contributed by atoms with van der Waals surface area (Å²) in [5, 5.41) is 3.88. The summed E-state index contributed by atoms with van der Waals surface area (Å²) in [7, 11) is 1.66. The summed E-state index contributed by atoms with van der Waals surface area (Å²) in [5.74, 6) is -0.0747. The van der Waals surface area contributed by atoms with Crippen molar-refractivity contribution in [1.82, 2.24) is 10.3 Å². The molecule has 1 atom stereocenters. The van der Waals surface area contributed by atoms with Crippen molar-refractivity contribution in [2.24, 2.45) is 5.73 Å². The van der Waals surface area contributed by atoms with E-state index in [1.54, 1.807) is 7.05 Å². The molecule has 0 fully saturated rings. The van der Waals surface area contributed by atoms with Crippen LogP contribution in [0.1, 0.15) is 44.6 Å². The Morgan fingerprint density at radius 3 is 2.77 bits per heavy atom. The number of rotatable bonds is 8. The van der Waals surface area contributed by atoms with Gasteiger partial charge in [0.1, 0.15) is 0 Å². The van der Waals surface area contributed by atoms with Crippen LogP contribution in [0.15, 0.2) is 30.5 Å². The van der Waals surface area contributed by atoms with Gasteiger partial charge in [0, 0.05) is 30.6 Å². The molecule has 0 bridgehead atoms. The van der Waals surface area contributed by atoms with Crippen molar-refractivity contribution in [1.29, 1.82) is 0 Å². The first-order valence-corrected chi connectivity index (χ1v) is 8.17. The van der Waals surface area contributed by atoms with Crippen LogP contribution in [0.3, 0.4) is 0 Å². The van der Waals surface area contributed by atoms with Gasteiger partial charge in [0.2, 0.25) is 5.91 Å². The first-order chi connectivity index (χ1) is 10.6. The van der Waals surface area contributed by atoms with Crippen LogP contribution in [-0.4, -0.2) is 23.5 Å². The highest BCUT2D eigenvalue weighted by Gasteiger charge is 2.33. The minimum Gasteiger partial charge on any atom is -0.361 e. The number of nitrogens with two attached hydrogens (primary N) is 1. The molecule has 0 aliphatic carbocycles. The number of aromatic nitrogens is 1. The molecule has 2 rings (SSSR count). The number of nitrogens with one attached hydrogen (secondary N) is 2. The Morgan fingerprint density at radius 2 is 2.05 bits per heavy atom. The number of unbranched alkanes of at least 4 members (excludes halogenated alkanes) is 3. The zero-order valence-electron chi connectivity index (χ0n) is 13.6. The van der Waals surface area contributed by atoms with Gasteiger partial charge in [0.25, 0.3) is 0 Å². The molecule has 0 radical (unpaired) electrons. The minimum atomic E-state index is -0.840. The van der Waals surface area contributed by atoms with Crippen LogP contribution < -0.4 is 11.1 Å². The summed E-state index contributed by atoms with van der Waals surface area (Å²) in [6.45, 7) is 2.18. The molecule has 1 aromatic carbocycles. The number of H-pyrrole nitrogens is 1. The Balaban J connectivity index is 2.17. The number of fused-ring (bicyclic) bond motifs is 1. The van der Waals surface area contributed by atoms with E-state index in [4.69, 9.17) is 5.73 Å². The Morgan fingerprint density at radius 1 is 1.27 bits per heavy atom. The van der Waals surface area contributed by atoms with E-state index in [2.05, 4.69) is 23.3 Å². The molecular weight excluding hydrogens is 274 g/mol. The second-order valence-electron chi connectivity index (χ2n) is 6.08. The summed E-state index contributed by atoms with van der Waals surface area (Å²) in [4.78, 5) is 15.6. The number of hydrogen-bond acceptors (Lipinski definition) is 2. The maximum atomic E-state index is 12.3. The van der Waals surface area contributed by atoms with E-state index in [1.807, 2.05) is 24.4 Å². The molecule has 120 valence electrons. The van der Waals surface area contributed by atoms with Crippen molar-refractivity contribution in [2.75, 3.05) is 7.05 Å². The van der Waals surface area contributed by atoms with E-state index in [0.29, 0.717) is 12.8 Å². The molecule has 4 heteroatoms. The highest BCUT2D eigenvalue weighted by Crippen LogP contribution is 2.25. The summed E-state index contributed by atoms with van der Waals surface area (Å²) < 4.78 is 0. The van der Waals surface area contributed by atoms with Gasteiger partial charge in [-0.3, -0.25) is 4.79 Å². The predicted molar refractivity (Wildman–Crippen MR) is 91.7 cm³/mol. The standard InChI is InChI=1S/C18H27N3O/c1-3-4-5-8-11-18(19,17(22)20-2)12-14-13-21-16-10-7-6-9-15(14)16/h6-7,9-10,13,21H,3-5,8,11-12,19H2,1-2H3,(H,20,22). The van der Waals surface area contributed by atoms with Crippen LogP contribution in [0.2, 0.25) is 0 Å². The highest BCUT2D eigenvalue weighted by molar-refractivity contribution is 5.88. The first-order valence-electron chi connectivity index (χ1n) is 8.17. The smallest absolute Gasteiger partial charge is 0.240 e. The topological polar surface area (TPSA) is 70.9 Å². The summed E-state index contributed by atoms with van der Waals surface area (Å²) in [6, 6.07) is 8.13. The molecule has 0 spiro atoms. The van der Waals surface area contributed by atoms with Crippen LogP contribution in [0, 0.1) is 0 Å². The van der Waals surface area contributed by atoms with E-state index >= 15 is 0 Å². The van der Waals surface area contributed by atoms with Crippen LogP contribution in [-0.2, 0) is 11.2 Å².